The Hall–Kier alpha value is -2.95. The summed E-state index contributed by atoms with van der Waals surface area (Å²) in [5.41, 5.74) is 4.49. The van der Waals surface area contributed by atoms with Gasteiger partial charge in [-0.3, -0.25) is 5.43 Å². The van der Waals surface area contributed by atoms with E-state index in [2.05, 4.69) is 15.1 Å². The zero-order valence-corrected chi connectivity index (χ0v) is 18.6. The van der Waals surface area contributed by atoms with Crippen molar-refractivity contribution < 1.29 is 31.1 Å². The van der Waals surface area contributed by atoms with Gasteiger partial charge in [-0.15, -0.1) is 9.71 Å². The minimum atomic E-state index is -4.59. The Morgan fingerprint density at radius 3 is 2.06 bits per heavy atom. The number of anilines is 1. The highest BCUT2D eigenvalue weighted by Crippen LogP contribution is 2.40. The second-order valence-electron chi connectivity index (χ2n) is 8.82. The third-order valence-electron chi connectivity index (χ3n) is 5.21. The zero-order chi connectivity index (χ0) is 24.7. The Labute approximate surface area is 187 Å². The summed E-state index contributed by atoms with van der Waals surface area (Å²) in [6, 6.07) is 9.52. The third kappa shape index (κ3) is 5.52. The van der Waals surface area contributed by atoms with E-state index in [9.17, 15) is 26.3 Å². The maximum Gasteiger partial charge on any atom is 0.441 e. The average Bonchev–Trinajstić information content (AvgIpc) is 3.01. The molecule has 33 heavy (non-hydrogen) atoms. The summed E-state index contributed by atoms with van der Waals surface area (Å²) in [4.78, 5) is 4.06. The van der Waals surface area contributed by atoms with Gasteiger partial charge in [-0.25, -0.2) is 0 Å². The molecule has 0 saturated heterocycles. The van der Waals surface area contributed by atoms with E-state index in [-0.39, 0.29) is 17.0 Å². The predicted octanol–water partition coefficient (Wildman–Crippen LogP) is 5.99. The van der Waals surface area contributed by atoms with E-state index in [0.29, 0.717) is 11.4 Å². The minimum absolute atomic E-state index is 0.0367. The average molecular weight is 475 g/mol. The number of alkyl halides is 6. The molecule has 5 nitrogen and oxygen atoms in total. The fourth-order valence-corrected chi connectivity index (χ4v) is 3.55. The molecule has 1 aromatic carbocycles. The summed E-state index contributed by atoms with van der Waals surface area (Å²) in [7, 11) is 0. The lowest BCUT2D eigenvalue weighted by atomic mass is 9.87. The number of hydrazine groups is 1. The normalized spacial score (nSPS) is 19.3. The highest BCUT2D eigenvalue weighted by atomic mass is 19.4. The largest absolute Gasteiger partial charge is 0.483 e. The number of allylic oxidation sites excluding steroid dienone is 1. The van der Waals surface area contributed by atoms with Gasteiger partial charge in [-0.2, -0.15) is 31.3 Å². The summed E-state index contributed by atoms with van der Waals surface area (Å²) in [6.45, 7) is 4.76. The maximum absolute atomic E-state index is 13.8. The lowest BCUT2D eigenvalue weighted by molar-refractivity contribution is -0.153. The molecule has 1 N–H and O–H groups in total. The summed E-state index contributed by atoms with van der Waals surface area (Å²) in [5.74, 6) is -0.235. The van der Waals surface area contributed by atoms with Gasteiger partial charge in [0.25, 0.3) is 5.82 Å². The topological polar surface area (TPSA) is 37.4 Å². The van der Waals surface area contributed by atoms with Gasteiger partial charge >= 0.3 is 12.4 Å². The van der Waals surface area contributed by atoms with Crippen molar-refractivity contribution >= 4 is 11.5 Å². The molecule has 0 saturated carbocycles. The highest BCUT2D eigenvalue weighted by molar-refractivity contribution is 5.58. The molecule has 2 aromatic rings. The molecule has 1 aliphatic heterocycles. The molecule has 1 aromatic heterocycles. The number of pyridine rings is 1. The van der Waals surface area contributed by atoms with Crippen molar-refractivity contribution in [2.24, 2.45) is 0 Å². The number of ether oxygens (including phenoxy) is 1. The highest BCUT2D eigenvalue weighted by Gasteiger charge is 2.54. The van der Waals surface area contributed by atoms with Crippen molar-refractivity contribution in [3.8, 4) is 5.75 Å². The number of hydrogen-bond acceptors (Lipinski definition) is 4. The van der Waals surface area contributed by atoms with Crippen LogP contribution in [0.25, 0.3) is 0 Å². The van der Waals surface area contributed by atoms with E-state index in [1.54, 1.807) is 12.1 Å². The fourth-order valence-electron chi connectivity index (χ4n) is 3.55. The number of halogens is 6. The molecule has 1 aliphatic rings. The summed E-state index contributed by atoms with van der Waals surface area (Å²) >= 11 is 0. The molecule has 0 unspecified atom stereocenters. The molecule has 0 amide bonds. The predicted molar refractivity (Wildman–Crippen MR) is 113 cm³/mol. The summed E-state index contributed by atoms with van der Waals surface area (Å²) in [6.07, 6.45) is -6.70. The molecule has 3 rings (SSSR count). The molecular formula is C22H25F6N4O+. The van der Waals surface area contributed by atoms with Crippen LogP contribution in [0.2, 0.25) is 0 Å². The van der Waals surface area contributed by atoms with Crippen LogP contribution < -0.4 is 19.9 Å². The van der Waals surface area contributed by atoms with Crippen LogP contribution >= 0.6 is 0 Å². The van der Waals surface area contributed by atoms with Crippen LogP contribution in [0.5, 0.6) is 5.75 Å². The van der Waals surface area contributed by atoms with Gasteiger partial charge in [0.05, 0.1) is 12.4 Å². The van der Waals surface area contributed by atoms with Crippen molar-refractivity contribution in [3.05, 3.63) is 60.1 Å². The fraction of sp³-hybridized carbons (Fsp3) is 0.409. The van der Waals surface area contributed by atoms with Crippen molar-refractivity contribution in [2.45, 2.75) is 45.5 Å². The van der Waals surface area contributed by atoms with Gasteiger partial charge in [0, 0.05) is 13.0 Å². The molecule has 0 fully saturated rings. The number of quaternary nitrogens is 1. The first-order valence-corrected chi connectivity index (χ1v) is 10.1. The number of aromatic nitrogens is 1. The quantitative estimate of drug-likeness (QED) is 0.426. The number of nitrogens with zero attached hydrogens (tertiary/aromatic N) is 3. The van der Waals surface area contributed by atoms with Crippen LogP contribution in [0.1, 0.15) is 33.3 Å². The number of nitrogens with one attached hydrogen (secondary N) is 1. The smallest absolute Gasteiger partial charge is 0.441 e. The van der Waals surface area contributed by atoms with Crippen LogP contribution in [0.4, 0.5) is 37.8 Å². The Bertz CT molecular complexity index is 994. The molecule has 0 aliphatic carbocycles. The van der Waals surface area contributed by atoms with Crippen LogP contribution in [0, 0.1) is 0 Å². The van der Waals surface area contributed by atoms with Crippen molar-refractivity contribution in [1.82, 2.24) is 15.0 Å². The molecule has 180 valence electrons. The molecule has 0 radical (unpaired) electrons. The van der Waals surface area contributed by atoms with Gasteiger partial charge in [0.15, 0.2) is 12.3 Å². The Kier molecular flexibility index (Phi) is 6.31. The molecule has 11 heteroatoms. The minimum Gasteiger partial charge on any atom is -0.483 e. The monoisotopic (exact) mass is 475 g/mol. The van der Waals surface area contributed by atoms with E-state index in [0.717, 1.165) is 11.8 Å². The summed E-state index contributed by atoms with van der Waals surface area (Å²) < 4.78 is 82.4. The first kappa shape index (κ1) is 24.7. The lowest BCUT2D eigenvalue weighted by Crippen LogP contribution is -2.64. The van der Waals surface area contributed by atoms with Crippen LogP contribution in [-0.2, 0) is 5.41 Å². The number of rotatable bonds is 5. The maximum atomic E-state index is 13.8. The summed E-state index contributed by atoms with van der Waals surface area (Å²) in [5, 5.41) is 1.33. The Morgan fingerprint density at radius 2 is 1.58 bits per heavy atom. The Balaban J connectivity index is 2.02. The molecular weight excluding hydrogens is 450 g/mol. The van der Waals surface area contributed by atoms with Gasteiger partial charge in [-0.1, -0.05) is 32.9 Å². The lowest BCUT2D eigenvalue weighted by Gasteiger charge is -2.40. The van der Waals surface area contributed by atoms with Gasteiger partial charge in [0.2, 0.25) is 6.54 Å². The van der Waals surface area contributed by atoms with E-state index in [1.165, 1.54) is 30.4 Å². The molecule has 0 spiro atoms. The zero-order valence-electron chi connectivity index (χ0n) is 18.6. The van der Waals surface area contributed by atoms with E-state index >= 15 is 0 Å². The van der Waals surface area contributed by atoms with E-state index in [4.69, 9.17) is 0 Å². The van der Waals surface area contributed by atoms with E-state index in [1.807, 2.05) is 32.9 Å². The Morgan fingerprint density at radius 1 is 0.939 bits per heavy atom. The first-order chi connectivity index (χ1) is 15.1. The third-order valence-corrected chi connectivity index (χ3v) is 5.21. The second kappa shape index (κ2) is 8.44. The second-order valence-corrected chi connectivity index (χ2v) is 8.82. The SMILES string of the molecule is CC1=CNN(c2ccc(C(C)(C)C)cc2)[N@+]1(CC(F)(F)F)c1ccc(OCC(F)(F)F)cn1. The van der Waals surface area contributed by atoms with E-state index < -0.39 is 30.1 Å². The van der Waals surface area contributed by atoms with Gasteiger partial charge in [0.1, 0.15) is 11.4 Å². The van der Waals surface area contributed by atoms with Gasteiger partial charge in [-0.05, 0) is 29.2 Å². The molecule has 0 bridgehead atoms. The van der Waals surface area contributed by atoms with Crippen LogP contribution in [0.3, 0.4) is 0 Å². The van der Waals surface area contributed by atoms with Crippen LogP contribution in [-0.4, -0.2) is 30.5 Å². The molecule has 2 heterocycles. The molecule has 1 atom stereocenters. The number of benzene rings is 1. The van der Waals surface area contributed by atoms with Crippen molar-refractivity contribution in [2.75, 3.05) is 18.3 Å². The first-order valence-electron chi connectivity index (χ1n) is 10.1. The van der Waals surface area contributed by atoms with Crippen molar-refractivity contribution in [3.63, 3.8) is 0 Å². The van der Waals surface area contributed by atoms with Crippen LogP contribution in [0.15, 0.2) is 54.5 Å². The van der Waals surface area contributed by atoms with Crippen molar-refractivity contribution in [1.29, 1.82) is 0 Å². The standard InChI is InChI=1S/C22H25F6N4O/c1-15-11-30-31(17-7-5-16(6-8-17)20(2,3)4)32(15,13-21(23,24)25)19-10-9-18(12-29-19)33-14-22(26,27)28/h5-12,30H,13-14H2,1-4H3/q+1/t32-/m0/s1. The number of hydrogen-bond donors (Lipinski definition) is 1. The van der Waals surface area contributed by atoms with Gasteiger partial charge < -0.3 is 4.74 Å².